The highest BCUT2D eigenvalue weighted by Crippen LogP contribution is 2.17. The average molecular weight is 625 g/mol. The molecule has 0 heterocycles. The van der Waals surface area contributed by atoms with E-state index in [4.69, 9.17) is 12.2 Å². The van der Waals surface area contributed by atoms with E-state index in [2.05, 4.69) is 12.6 Å². The molecule has 0 aromatic heterocycles. The van der Waals surface area contributed by atoms with E-state index in [0.29, 0.717) is 0 Å². The predicted molar refractivity (Wildman–Crippen MR) is 198 cm³/mol. The number of carbonyl (C=O) groups is 1. The van der Waals surface area contributed by atoms with Gasteiger partial charge in [-0.3, -0.25) is 0 Å². The summed E-state index contributed by atoms with van der Waals surface area (Å²) in [7, 11) is 0. The van der Waals surface area contributed by atoms with E-state index in [1.165, 1.54) is 218 Å². The van der Waals surface area contributed by atoms with Crippen LogP contribution in [0.5, 0.6) is 0 Å². The Morgan fingerprint density at radius 1 is 0.333 bits per heavy atom. The van der Waals surface area contributed by atoms with Gasteiger partial charge in [-0.25, -0.2) is 0 Å². The summed E-state index contributed by atoms with van der Waals surface area (Å²) >= 11 is 9.21. The molecule has 0 aliphatic heterocycles. The van der Waals surface area contributed by atoms with Crippen molar-refractivity contribution in [3.05, 3.63) is 0 Å². The molecule has 0 rings (SSSR count). The third-order valence-corrected chi connectivity index (χ3v) is 9.64. The summed E-state index contributed by atoms with van der Waals surface area (Å²) < 4.78 is 0.877. The van der Waals surface area contributed by atoms with Crippen LogP contribution in [0.4, 0.5) is 0 Å². The van der Waals surface area contributed by atoms with E-state index < -0.39 is 0 Å². The lowest BCUT2D eigenvalue weighted by Gasteiger charge is -2.05. The van der Waals surface area contributed by atoms with Crippen LogP contribution >= 0.6 is 24.8 Å². The molecule has 0 saturated heterocycles. The molecule has 0 radical (unpaired) electrons. The van der Waals surface area contributed by atoms with Gasteiger partial charge in [0.25, 0.3) is 0 Å². The molecule has 3 heteroatoms. The molecule has 0 atom stereocenters. The largest absolute Gasteiger partial charge is 0.303 e. The maximum absolute atomic E-state index is 10.3. The van der Waals surface area contributed by atoms with Crippen molar-refractivity contribution >= 4 is 35.3 Å². The number of carbonyl (C=O) groups excluding carboxylic acids is 1. The van der Waals surface area contributed by atoms with Crippen LogP contribution in [-0.4, -0.2) is 10.5 Å². The van der Waals surface area contributed by atoms with E-state index >= 15 is 0 Å². The summed E-state index contributed by atoms with van der Waals surface area (Å²) in [4.78, 5) is 10.3. The van der Waals surface area contributed by atoms with Crippen molar-refractivity contribution in [1.82, 2.24) is 0 Å². The highest BCUT2D eigenvalue weighted by molar-refractivity contribution is 8.11. The average Bonchev–Trinajstić information content (AvgIpc) is 2.98. The van der Waals surface area contributed by atoms with Gasteiger partial charge in [-0.15, -0.1) is 12.6 Å². The van der Waals surface area contributed by atoms with Gasteiger partial charge >= 0.3 is 0 Å². The molecule has 250 valence electrons. The van der Waals surface area contributed by atoms with Gasteiger partial charge < -0.3 is 4.79 Å². The topological polar surface area (TPSA) is 17.1 Å². The third-order valence-electron chi connectivity index (χ3n) is 9.21. The van der Waals surface area contributed by atoms with Crippen LogP contribution < -0.4 is 0 Å². The van der Waals surface area contributed by atoms with Gasteiger partial charge in [-0.1, -0.05) is 224 Å². The van der Waals surface area contributed by atoms with Crippen LogP contribution in [-0.2, 0) is 4.79 Å². The SMILES string of the molecule is O=CCCCCCCCCCCCCCCCCCCCCCCCCCCCCCCCCCCCCCC(=S)S. The maximum atomic E-state index is 10.3. The number of thiocarbonyl (C=S) groups is 1. The lowest BCUT2D eigenvalue weighted by atomic mass is 10.0. The van der Waals surface area contributed by atoms with E-state index in [1.807, 2.05) is 0 Å². The lowest BCUT2D eigenvalue weighted by Crippen LogP contribution is -1.85. The second-order valence-electron chi connectivity index (χ2n) is 13.5. The third kappa shape index (κ3) is 40.1. The van der Waals surface area contributed by atoms with Crippen LogP contribution in [0.25, 0.3) is 0 Å². The molecule has 0 saturated carbocycles. The fourth-order valence-electron chi connectivity index (χ4n) is 6.34. The van der Waals surface area contributed by atoms with Crippen molar-refractivity contribution in [3.8, 4) is 0 Å². The normalized spacial score (nSPS) is 11.4. The van der Waals surface area contributed by atoms with Gasteiger partial charge in [0.2, 0.25) is 0 Å². The van der Waals surface area contributed by atoms with Gasteiger partial charge in [0.1, 0.15) is 6.29 Å². The lowest BCUT2D eigenvalue weighted by molar-refractivity contribution is -0.107. The maximum Gasteiger partial charge on any atom is 0.119 e. The zero-order valence-corrected chi connectivity index (χ0v) is 30.2. The summed E-state index contributed by atoms with van der Waals surface area (Å²) in [5.74, 6) is 0. The van der Waals surface area contributed by atoms with E-state index in [-0.39, 0.29) is 0 Å². The van der Waals surface area contributed by atoms with Crippen LogP contribution in [0.2, 0.25) is 0 Å². The minimum atomic E-state index is 0.761. The first-order valence-electron chi connectivity index (χ1n) is 19.4. The minimum absolute atomic E-state index is 0.761. The van der Waals surface area contributed by atoms with Gasteiger partial charge in [-0.2, -0.15) is 0 Å². The molecule has 0 aliphatic carbocycles. The number of thiol groups is 1. The first kappa shape index (κ1) is 42.1. The first-order chi connectivity index (χ1) is 20.8. The summed E-state index contributed by atoms with van der Waals surface area (Å²) in [6.45, 7) is 0. The minimum Gasteiger partial charge on any atom is -0.303 e. The Kier molecular flexibility index (Phi) is 39.2. The molecule has 0 aromatic carbocycles. The Bertz CT molecular complexity index is 521. The Balaban J connectivity index is 3.04. The molecule has 0 aromatic rings. The fourth-order valence-corrected chi connectivity index (χ4v) is 6.64. The molecule has 0 unspecified atom stereocenters. The highest BCUT2D eigenvalue weighted by Gasteiger charge is 1.98. The summed E-state index contributed by atoms with van der Waals surface area (Å²) in [5.41, 5.74) is 0. The van der Waals surface area contributed by atoms with Crippen molar-refractivity contribution in [2.45, 2.75) is 238 Å². The Morgan fingerprint density at radius 3 is 0.667 bits per heavy atom. The Hall–Kier alpha value is 0.110. The van der Waals surface area contributed by atoms with Gasteiger partial charge in [0, 0.05) is 10.6 Å². The van der Waals surface area contributed by atoms with E-state index in [1.54, 1.807) is 0 Å². The predicted octanol–water partition coefficient (Wildman–Crippen LogP) is 14.9. The quantitative estimate of drug-likeness (QED) is 0.0318. The zero-order chi connectivity index (χ0) is 30.4. The zero-order valence-electron chi connectivity index (χ0n) is 28.5. The van der Waals surface area contributed by atoms with Crippen LogP contribution in [0, 0.1) is 0 Å². The summed E-state index contributed by atoms with van der Waals surface area (Å²) in [5, 5.41) is 0. The monoisotopic (exact) mass is 625 g/mol. The second kappa shape index (κ2) is 39.1. The van der Waals surface area contributed by atoms with Crippen molar-refractivity contribution in [3.63, 3.8) is 0 Å². The van der Waals surface area contributed by atoms with Crippen molar-refractivity contribution in [2.24, 2.45) is 0 Å². The molecule has 0 fully saturated rings. The van der Waals surface area contributed by atoms with Crippen LogP contribution in [0.3, 0.4) is 0 Å². The van der Waals surface area contributed by atoms with Gasteiger partial charge in [-0.05, 0) is 19.3 Å². The van der Waals surface area contributed by atoms with Crippen LogP contribution in [0.15, 0.2) is 0 Å². The van der Waals surface area contributed by atoms with Crippen molar-refractivity contribution in [2.75, 3.05) is 0 Å². The standard InChI is InChI=1S/C39H76OS2/c40-38-36-34-32-30-28-26-24-22-20-18-16-14-12-10-8-6-4-2-1-3-5-7-9-11-13-15-17-19-21-23-25-27-29-31-33-35-37-39(41)42/h38H,1-37H2,(H,41,42). The number of rotatable bonds is 38. The Labute approximate surface area is 276 Å². The molecule has 0 N–H and O–H groups in total. The molecule has 0 amide bonds. The van der Waals surface area contributed by atoms with Crippen LogP contribution in [0.1, 0.15) is 238 Å². The van der Waals surface area contributed by atoms with E-state index in [0.717, 1.165) is 29.7 Å². The van der Waals surface area contributed by atoms with Gasteiger partial charge in [0.05, 0.1) is 0 Å². The molecular formula is C39H76OS2. The highest BCUT2D eigenvalue weighted by atomic mass is 32.1. The van der Waals surface area contributed by atoms with E-state index in [9.17, 15) is 4.79 Å². The van der Waals surface area contributed by atoms with Gasteiger partial charge in [0.15, 0.2) is 0 Å². The second-order valence-corrected chi connectivity index (χ2v) is 14.8. The first-order valence-corrected chi connectivity index (χ1v) is 20.3. The molecule has 0 bridgehead atoms. The molecular weight excluding hydrogens is 549 g/mol. The number of hydrogen-bond acceptors (Lipinski definition) is 2. The molecule has 42 heavy (non-hydrogen) atoms. The molecule has 0 spiro atoms. The number of hydrogen-bond donors (Lipinski definition) is 1. The summed E-state index contributed by atoms with van der Waals surface area (Å²) in [6, 6.07) is 0. The van der Waals surface area contributed by atoms with Crippen molar-refractivity contribution in [1.29, 1.82) is 0 Å². The number of aldehydes is 1. The molecule has 1 nitrogen and oxygen atoms in total. The van der Waals surface area contributed by atoms with Crippen molar-refractivity contribution < 1.29 is 4.79 Å². The summed E-state index contributed by atoms with van der Waals surface area (Å²) in [6.07, 6.45) is 52.7. The fraction of sp³-hybridized carbons (Fsp3) is 0.949. The Morgan fingerprint density at radius 2 is 0.500 bits per heavy atom. The molecule has 0 aliphatic rings. The number of unbranched alkanes of at least 4 members (excludes halogenated alkanes) is 35. The smallest absolute Gasteiger partial charge is 0.119 e.